The van der Waals surface area contributed by atoms with Crippen molar-refractivity contribution >= 4 is 28.4 Å². The number of rotatable bonds is 7. The average Bonchev–Trinajstić information content (AvgIpc) is 3.08. The highest BCUT2D eigenvalue weighted by Gasteiger charge is 2.09. The number of aryl methyl sites for hydroxylation is 1. The van der Waals surface area contributed by atoms with Crippen LogP contribution in [0.4, 0.5) is 5.69 Å². The van der Waals surface area contributed by atoms with Crippen molar-refractivity contribution in [3.8, 4) is 0 Å². The molecule has 0 unspecified atom stereocenters. The molecule has 0 radical (unpaired) electrons. The fourth-order valence-electron chi connectivity index (χ4n) is 3.19. The van der Waals surface area contributed by atoms with Crippen LogP contribution in [0.2, 0.25) is 0 Å². The summed E-state index contributed by atoms with van der Waals surface area (Å²) >= 11 is 0. The molecule has 1 heterocycles. The fourth-order valence-corrected chi connectivity index (χ4v) is 3.19. The normalized spacial score (nSPS) is 10.7. The highest BCUT2D eigenvalue weighted by molar-refractivity contribution is 5.91. The van der Waals surface area contributed by atoms with E-state index < -0.39 is 0 Å². The summed E-state index contributed by atoms with van der Waals surface area (Å²) < 4.78 is 2.09. The first-order valence-electron chi connectivity index (χ1n) is 9.25. The van der Waals surface area contributed by atoms with Gasteiger partial charge in [-0.05, 0) is 42.1 Å². The number of fused-ring (bicyclic) bond motifs is 1. The Bertz CT molecular complexity index is 945. The van der Waals surface area contributed by atoms with Crippen molar-refractivity contribution in [2.24, 2.45) is 0 Å². The number of amides is 2. The van der Waals surface area contributed by atoms with Crippen LogP contribution in [-0.4, -0.2) is 27.8 Å². The summed E-state index contributed by atoms with van der Waals surface area (Å²) in [5, 5.41) is 4.13. The Morgan fingerprint density at radius 2 is 1.89 bits per heavy atom. The second-order valence-electron chi connectivity index (χ2n) is 6.60. The summed E-state index contributed by atoms with van der Waals surface area (Å²) in [5.41, 5.74) is 2.90. The van der Waals surface area contributed by atoms with Crippen LogP contribution in [0.1, 0.15) is 25.8 Å². The third-order valence-corrected chi connectivity index (χ3v) is 4.67. The van der Waals surface area contributed by atoms with Gasteiger partial charge in [-0.3, -0.25) is 9.59 Å². The topological polar surface area (TPSA) is 54.3 Å². The lowest BCUT2D eigenvalue weighted by atomic mass is 10.2. The molecule has 1 N–H and O–H groups in total. The first-order chi connectivity index (χ1) is 13.1. The van der Waals surface area contributed by atoms with Crippen LogP contribution >= 0.6 is 0 Å². The number of hydrogen-bond donors (Lipinski definition) is 1. The zero-order valence-corrected chi connectivity index (χ0v) is 15.8. The summed E-state index contributed by atoms with van der Waals surface area (Å²) in [6.07, 6.45) is 2.41. The van der Waals surface area contributed by atoms with Gasteiger partial charge in [-0.15, -0.1) is 0 Å². The lowest BCUT2D eigenvalue weighted by molar-refractivity contribution is -0.129. The average molecular weight is 363 g/mol. The minimum Gasteiger partial charge on any atom is -0.347 e. The summed E-state index contributed by atoms with van der Waals surface area (Å²) in [7, 11) is 0. The number of anilines is 1. The van der Waals surface area contributed by atoms with E-state index in [9.17, 15) is 9.59 Å². The Labute approximate surface area is 159 Å². The summed E-state index contributed by atoms with van der Waals surface area (Å²) in [6, 6.07) is 17.9. The van der Waals surface area contributed by atoms with Crippen LogP contribution in [0.15, 0.2) is 60.8 Å². The van der Waals surface area contributed by atoms with Crippen LogP contribution in [0.3, 0.4) is 0 Å². The molecular formula is C22H25N3O2. The van der Waals surface area contributed by atoms with Crippen molar-refractivity contribution < 1.29 is 9.59 Å². The Morgan fingerprint density at radius 3 is 2.67 bits per heavy atom. The van der Waals surface area contributed by atoms with Gasteiger partial charge in [0.2, 0.25) is 11.8 Å². The minimum absolute atomic E-state index is 0.0242. The minimum atomic E-state index is -0.0242. The van der Waals surface area contributed by atoms with Crippen LogP contribution in [0.5, 0.6) is 0 Å². The number of nitrogens with zero attached hydrogens (tertiary/aromatic N) is 2. The van der Waals surface area contributed by atoms with Gasteiger partial charge >= 0.3 is 0 Å². The first-order valence-corrected chi connectivity index (χ1v) is 9.25. The van der Waals surface area contributed by atoms with Gasteiger partial charge in [0, 0.05) is 50.4 Å². The smallest absolute Gasteiger partial charge is 0.226 e. The van der Waals surface area contributed by atoms with Gasteiger partial charge in [-0.1, -0.05) is 30.3 Å². The highest BCUT2D eigenvalue weighted by atomic mass is 16.2. The second-order valence-corrected chi connectivity index (χ2v) is 6.60. The number of carbonyl (C=O) groups is 2. The van der Waals surface area contributed by atoms with Crippen LogP contribution in [0.25, 0.3) is 10.9 Å². The van der Waals surface area contributed by atoms with E-state index in [-0.39, 0.29) is 11.8 Å². The summed E-state index contributed by atoms with van der Waals surface area (Å²) in [4.78, 5) is 25.7. The molecule has 140 valence electrons. The van der Waals surface area contributed by atoms with Crippen molar-refractivity contribution in [3.05, 3.63) is 66.4 Å². The van der Waals surface area contributed by atoms with E-state index in [1.807, 2.05) is 49.5 Å². The molecule has 0 spiro atoms. The fraction of sp³-hybridized carbons (Fsp3) is 0.273. The Morgan fingerprint density at radius 1 is 1.07 bits per heavy atom. The Balaban J connectivity index is 1.59. The molecule has 2 aromatic carbocycles. The lowest BCUT2D eigenvalue weighted by Crippen LogP contribution is -2.27. The molecule has 2 amide bonds. The summed E-state index contributed by atoms with van der Waals surface area (Å²) in [5.74, 6) is 0.0229. The molecule has 5 nitrogen and oxygen atoms in total. The van der Waals surface area contributed by atoms with Crippen molar-refractivity contribution in [1.82, 2.24) is 9.47 Å². The van der Waals surface area contributed by atoms with Crippen molar-refractivity contribution in [2.45, 2.75) is 33.4 Å². The molecule has 27 heavy (non-hydrogen) atoms. The monoisotopic (exact) mass is 363 g/mol. The molecule has 0 saturated heterocycles. The second kappa shape index (κ2) is 8.54. The predicted molar refractivity (Wildman–Crippen MR) is 108 cm³/mol. The molecule has 0 fully saturated rings. The van der Waals surface area contributed by atoms with E-state index in [1.165, 1.54) is 5.39 Å². The number of hydrogen-bond acceptors (Lipinski definition) is 2. The van der Waals surface area contributed by atoms with E-state index in [4.69, 9.17) is 0 Å². The number of carbonyl (C=O) groups excluding carboxylic acids is 2. The van der Waals surface area contributed by atoms with Gasteiger partial charge in [-0.25, -0.2) is 0 Å². The van der Waals surface area contributed by atoms with Crippen LogP contribution in [0, 0.1) is 0 Å². The Hall–Kier alpha value is -3.08. The maximum atomic E-state index is 12.4. The number of nitrogens with one attached hydrogen (secondary N) is 1. The molecule has 0 aliphatic rings. The number of benzene rings is 2. The third-order valence-electron chi connectivity index (χ3n) is 4.67. The maximum Gasteiger partial charge on any atom is 0.226 e. The molecule has 0 bridgehead atoms. The van der Waals surface area contributed by atoms with Gasteiger partial charge in [0.05, 0.1) is 0 Å². The van der Waals surface area contributed by atoms with E-state index in [0.29, 0.717) is 26.1 Å². The molecule has 0 saturated carbocycles. The highest BCUT2D eigenvalue weighted by Crippen LogP contribution is 2.16. The first kappa shape index (κ1) is 18.7. The predicted octanol–water partition coefficient (Wildman–Crippen LogP) is 4.04. The standard InChI is InChI=1S/C22H25N3O2/c1-3-24(17(2)26)16-18-7-6-9-20(15-18)23-22(27)12-14-25-13-11-19-8-4-5-10-21(19)25/h4-11,13,15H,3,12,14,16H2,1-2H3,(H,23,27). The molecule has 3 rings (SSSR count). The van der Waals surface area contributed by atoms with E-state index in [0.717, 1.165) is 16.8 Å². The maximum absolute atomic E-state index is 12.4. The van der Waals surface area contributed by atoms with Gasteiger partial charge < -0.3 is 14.8 Å². The SMILES string of the molecule is CCN(Cc1cccc(NC(=O)CCn2ccc3ccccc32)c1)C(C)=O. The Kier molecular flexibility index (Phi) is 5.91. The zero-order valence-electron chi connectivity index (χ0n) is 15.8. The number of aromatic nitrogens is 1. The van der Waals surface area contributed by atoms with Crippen molar-refractivity contribution in [1.29, 1.82) is 0 Å². The number of para-hydroxylation sites is 1. The molecule has 1 aromatic heterocycles. The van der Waals surface area contributed by atoms with Crippen LogP contribution < -0.4 is 5.32 Å². The van der Waals surface area contributed by atoms with Gasteiger partial charge in [0.1, 0.15) is 0 Å². The lowest BCUT2D eigenvalue weighted by Gasteiger charge is -2.19. The van der Waals surface area contributed by atoms with Crippen molar-refractivity contribution in [3.63, 3.8) is 0 Å². The van der Waals surface area contributed by atoms with Crippen molar-refractivity contribution in [2.75, 3.05) is 11.9 Å². The quantitative estimate of drug-likeness (QED) is 0.689. The van der Waals surface area contributed by atoms with Crippen LogP contribution in [-0.2, 0) is 22.7 Å². The van der Waals surface area contributed by atoms with E-state index >= 15 is 0 Å². The molecule has 5 heteroatoms. The van der Waals surface area contributed by atoms with Gasteiger partial charge in [-0.2, -0.15) is 0 Å². The van der Waals surface area contributed by atoms with E-state index in [1.54, 1.807) is 11.8 Å². The molecule has 0 aliphatic carbocycles. The summed E-state index contributed by atoms with van der Waals surface area (Å²) in [6.45, 7) is 5.37. The molecular weight excluding hydrogens is 338 g/mol. The molecule has 0 atom stereocenters. The third kappa shape index (κ3) is 4.76. The van der Waals surface area contributed by atoms with Gasteiger partial charge in [0.15, 0.2) is 0 Å². The molecule has 3 aromatic rings. The van der Waals surface area contributed by atoms with Gasteiger partial charge in [0.25, 0.3) is 0 Å². The molecule has 0 aliphatic heterocycles. The van der Waals surface area contributed by atoms with E-state index in [2.05, 4.69) is 28.1 Å². The largest absolute Gasteiger partial charge is 0.347 e. The zero-order chi connectivity index (χ0) is 19.2.